The van der Waals surface area contributed by atoms with Crippen molar-refractivity contribution in [1.82, 2.24) is 9.80 Å². The first-order chi connectivity index (χ1) is 18.3. The summed E-state index contributed by atoms with van der Waals surface area (Å²) in [4.78, 5) is 29.9. The standard InChI is InChI=1S/C30H40N2O6/c1-6-8-9-19-38-24-15-12-22(20-25(24)36-5)27-26(29(34)30(35)32(27)17-16-31(3)4)28(33)21-10-13-23(14-11-21)37-18-7-2/h10-15,20,27,33H,6-9,16-19H2,1-5H3/b28-26+. The SMILES string of the molecule is CCCCCOc1ccc(C2/C(=C(\O)c3ccc(OCCC)cc3)C(=O)C(=O)N2CCN(C)C)cc1OC. The van der Waals surface area contributed by atoms with Crippen molar-refractivity contribution in [2.24, 2.45) is 0 Å². The molecule has 1 aliphatic rings. The summed E-state index contributed by atoms with van der Waals surface area (Å²) in [6, 6.07) is 11.5. The number of rotatable bonds is 14. The second kappa shape index (κ2) is 13.9. The molecule has 38 heavy (non-hydrogen) atoms. The topological polar surface area (TPSA) is 88.5 Å². The van der Waals surface area contributed by atoms with Gasteiger partial charge in [-0.3, -0.25) is 9.59 Å². The first-order valence-corrected chi connectivity index (χ1v) is 13.3. The van der Waals surface area contributed by atoms with Gasteiger partial charge in [-0.2, -0.15) is 0 Å². The average Bonchev–Trinajstić information content (AvgIpc) is 3.17. The van der Waals surface area contributed by atoms with Gasteiger partial charge in [0, 0.05) is 18.7 Å². The van der Waals surface area contributed by atoms with Crippen LogP contribution in [0, 0.1) is 0 Å². The van der Waals surface area contributed by atoms with Gasteiger partial charge in [-0.1, -0.05) is 32.8 Å². The smallest absolute Gasteiger partial charge is 0.295 e. The highest BCUT2D eigenvalue weighted by Gasteiger charge is 2.46. The lowest BCUT2D eigenvalue weighted by Crippen LogP contribution is -2.35. The van der Waals surface area contributed by atoms with E-state index in [1.807, 2.05) is 32.0 Å². The number of likely N-dealkylation sites (tertiary alicyclic amines) is 1. The van der Waals surface area contributed by atoms with E-state index in [9.17, 15) is 14.7 Å². The number of ether oxygens (including phenoxy) is 3. The summed E-state index contributed by atoms with van der Waals surface area (Å²) in [6.07, 6.45) is 3.99. The number of hydrogen-bond acceptors (Lipinski definition) is 7. The third kappa shape index (κ3) is 6.86. The summed E-state index contributed by atoms with van der Waals surface area (Å²) >= 11 is 0. The lowest BCUT2D eigenvalue weighted by atomic mass is 9.95. The minimum atomic E-state index is -0.769. The third-order valence-corrected chi connectivity index (χ3v) is 6.44. The zero-order valence-corrected chi connectivity index (χ0v) is 23.2. The molecule has 1 fully saturated rings. The van der Waals surface area contributed by atoms with Crippen molar-refractivity contribution < 1.29 is 28.9 Å². The molecule has 0 aliphatic carbocycles. The molecule has 0 aromatic heterocycles. The van der Waals surface area contributed by atoms with Crippen molar-refractivity contribution in [1.29, 1.82) is 0 Å². The van der Waals surface area contributed by atoms with Crippen LogP contribution >= 0.6 is 0 Å². The van der Waals surface area contributed by atoms with Gasteiger partial charge in [-0.05, 0) is 68.9 Å². The maximum atomic E-state index is 13.3. The molecule has 1 amide bonds. The molecule has 1 heterocycles. The first kappa shape index (κ1) is 29.0. The largest absolute Gasteiger partial charge is 0.507 e. The van der Waals surface area contributed by atoms with Crippen LogP contribution in [0.4, 0.5) is 0 Å². The van der Waals surface area contributed by atoms with Crippen LogP contribution < -0.4 is 14.2 Å². The summed E-state index contributed by atoms with van der Waals surface area (Å²) in [5.74, 6) is 0.207. The van der Waals surface area contributed by atoms with Gasteiger partial charge < -0.3 is 29.1 Å². The van der Waals surface area contributed by atoms with Gasteiger partial charge in [0.15, 0.2) is 11.5 Å². The van der Waals surface area contributed by atoms with Crippen LogP contribution in [0.1, 0.15) is 56.7 Å². The molecule has 0 bridgehead atoms. The van der Waals surface area contributed by atoms with Crippen LogP contribution in [0.3, 0.4) is 0 Å². The van der Waals surface area contributed by atoms with Gasteiger partial charge in [-0.25, -0.2) is 0 Å². The molecule has 8 heteroatoms. The van der Waals surface area contributed by atoms with Gasteiger partial charge >= 0.3 is 0 Å². The van der Waals surface area contributed by atoms with E-state index in [4.69, 9.17) is 14.2 Å². The van der Waals surface area contributed by atoms with Crippen LogP contribution in [0.5, 0.6) is 17.2 Å². The quantitative estimate of drug-likeness (QED) is 0.160. The molecule has 1 aliphatic heterocycles. The summed E-state index contributed by atoms with van der Waals surface area (Å²) < 4.78 is 17.2. The Hall–Kier alpha value is -3.52. The van der Waals surface area contributed by atoms with Crippen molar-refractivity contribution in [3.8, 4) is 17.2 Å². The molecule has 8 nitrogen and oxygen atoms in total. The Bertz CT molecular complexity index is 1130. The zero-order valence-electron chi connectivity index (χ0n) is 23.2. The van der Waals surface area contributed by atoms with Crippen molar-refractivity contribution in [2.75, 3.05) is 47.5 Å². The van der Waals surface area contributed by atoms with Crippen molar-refractivity contribution in [2.45, 2.75) is 45.6 Å². The maximum Gasteiger partial charge on any atom is 0.295 e. The fourth-order valence-electron chi connectivity index (χ4n) is 4.36. The number of carbonyl (C=O) groups is 2. The lowest BCUT2D eigenvalue weighted by molar-refractivity contribution is -0.140. The Labute approximate surface area is 225 Å². The molecular weight excluding hydrogens is 484 g/mol. The third-order valence-electron chi connectivity index (χ3n) is 6.44. The minimum Gasteiger partial charge on any atom is -0.507 e. The number of nitrogens with zero attached hydrogens (tertiary/aromatic N) is 2. The minimum absolute atomic E-state index is 0.0506. The summed E-state index contributed by atoms with van der Waals surface area (Å²) in [5, 5.41) is 11.3. The van der Waals surface area contributed by atoms with E-state index in [1.165, 1.54) is 4.90 Å². The molecule has 0 spiro atoms. The maximum absolute atomic E-state index is 13.3. The second-order valence-corrected chi connectivity index (χ2v) is 9.63. The lowest BCUT2D eigenvalue weighted by Gasteiger charge is -2.27. The second-order valence-electron chi connectivity index (χ2n) is 9.63. The summed E-state index contributed by atoms with van der Waals surface area (Å²) in [6.45, 7) is 6.20. The number of ketones is 1. The zero-order chi connectivity index (χ0) is 27.7. The Morgan fingerprint density at radius 3 is 2.32 bits per heavy atom. The summed E-state index contributed by atoms with van der Waals surface area (Å²) in [5.41, 5.74) is 1.15. The van der Waals surface area contributed by atoms with E-state index < -0.39 is 17.7 Å². The van der Waals surface area contributed by atoms with E-state index >= 15 is 0 Å². The molecule has 0 saturated carbocycles. The van der Waals surface area contributed by atoms with Crippen LogP contribution in [-0.2, 0) is 9.59 Å². The predicted octanol–water partition coefficient (Wildman–Crippen LogP) is 5.04. The molecule has 3 rings (SSSR count). The van der Waals surface area contributed by atoms with E-state index in [-0.39, 0.29) is 11.3 Å². The van der Waals surface area contributed by atoms with Crippen molar-refractivity contribution in [3.63, 3.8) is 0 Å². The molecule has 1 atom stereocenters. The molecular formula is C30H40N2O6. The number of hydrogen-bond donors (Lipinski definition) is 1. The number of methoxy groups -OCH3 is 1. The van der Waals surface area contributed by atoms with Gasteiger partial charge in [0.1, 0.15) is 11.5 Å². The van der Waals surface area contributed by atoms with Crippen LogP contribution in [0.15, 0.2) is 48.0 Å². The number of amides is 1. The highest BCUT2D eigenvalue weighted by molar-refractivity contribution is 6.46. The molecule has 1 N–H and O–H groups in total. The molecule has 1 saturated heterocycles. The normalized spacial score (nSPS) is 16.8. The molecule has 1 unspecified atom stereocenters. The van der Waals surface area contributed by atoms with E-state index in [0.717, 1.165) is 25.7 Å². The molecule has 2 aromatic rings. The number of benzene rings is 2. The van der Waals surface area contributed by atoms with Crippen LogP contribution in [-0.4, -0.2) is 74.1 Å². The number of aliphatic hydroxyl groups excluding tert-OH is 1. The number of Topliss-reactive ketones (excluding diaryl/α,β-unsaturated/α-hetero) is 1. The Morgan fingerprint density at radius 1 is 0.947 bits per heavy atom. The fraction of sp³-hybridized carbons (Fsp3) is 0.467. The van der Waals surface area contributed by atoms with Crippen molar-refractivity contribution in [3.05, 3.63) is 59.2 Å². The average molecular weight is 525 g/mol. The predicted molar refractivity (Wildman–Crippen MR) is 148 cm³/mol. The number of unbranched alkanes of at least 4 members (excludes halogenated alkanes) is 2. The van der Waals surface area contributed by atoms with Crippen LogP contribution in [0.2, 0.25) is 0 Å². The fourth-order valence-corrected chi connectivity index (χ4v) is 4.36. The highest BCUT2D eigenvalue weighted by atomic mass is 16.5. The Kier molecular flexibility index (Phi) is 10.6. The molecule has 206 valence electrons. The Morgan fingerprint density at radius 2 is 1.68 bits per heavy atom. The van der Waals surface area contributed by atoms with Gasteiger partial charge in [0.25, 0.3) is 11.7 Å². The monoisotopic (exact) mass is 524 g/mol. The van der Waals surface area contributed by atoms with E-state index in [0.29, 0.717) is 54.7 Å². The van der Waals surface area contributed by atoms with E-state index in [2.05, 4.69) is 6.92 Å². The summed E-state index contributed by atoms with van der Waals surface area (Å²) in [7, 11) is 5.37. The number of likely N-dealkylation sites (N-methyl/N-ethyl adjacent to an activating group) is 1. The Balaban J connectivity index is 2.03. The van der Waals surface area contributed by atoms with Crippen LogP contribution in [0.25, 0.3) is 5.76 Å². The van der Waals surface area contributed by atoms with E-state index in [1.54, 1.807) is 43.5 Å². The van der Waals surface area contributed by atoms with Gasteiger partial charge in [0.05, 0.1) is 31.9 Å². The van der Waals surface area contributed by atoms with Crippen molar-refractivity contribution >= 4 is 17.4 Å². The number of aliphatic hydroxyl groups is 1. The first-order valence-electron chi connectivity index (χ1n) is 13.3. The van der Waals surface area contributed by atoms with Gasteiger partial charge in [0.2, 0.25) is 0 Å². The highest BCUT2D eigenvalue weighted by Crippen LogP contribution is 2.42. The van der Waals surface area contributed by atoms with Gasteiger partial charge in [-0.15, -0.1) is 0 Å². The molecule has 2 aromatic carbocycles. The number of carbonyl (C=O) groups excluding carboxylic acids is 2. The molecule has 0 radical (unpaired) electrons.